The highest BCUT2D eigenvalue weighted by atomic mass is 16.1. The lowest BCUT2D eigenvalue weighted by atomic mass is 10.0. The summed E-state index contributed by atoms with van der Waals surface area (Å²) < 4.78 is 0. The van der Waals surface area contributed by atoms with E-state index in [-0.39, 0.29) is 0 Å². The molecule has 0 bridgehead atoms. The number of hydrogen-bond donors (Lipinski definition) is 2. The molecule has 1 aliphatic heterocycles. The summed E-state index contributed by atoms with van der Waals surface area (Å²) in [5.41, 5.74) is 2.98. The van der Waals surface area contributed by atoms with Crippen molar-refractivity contribution < 1.29 is 4.79 Å². The van der Waals surface area contributed by atoms with Crippen molar-refractivity contribution in [2.45, 2.75) is 0 Å². The molecule has 0 saturated carbocycles. The predicted molar refractivity (Wildman–Crippen MR) is 59.7 cm³/mol. The molecule has 0 atom stereocenters. The molecule has 3 heteroatoms. The van der Waals surface area contributed by atoms with Crippen molar-refractivity contribution >= 4 is 12.0 Å². The van der Waals surface area contributed by atoms with Gasteiger partial charge in [0.25, 0.3) is 0 Å². The maximum absolute atomic E-state index is 10.4. The van der Waals surface area contributed by atoms with Crippen LogP contribution in [0, 0.1) is 0 Å². The Morgan fingerprint density at radius 3 is 2.80 bits per heavy atom. The summed E-state index contributed by atoms with van der Waals surface area (Å²) in [4.78, 5) is 10.4. The Morgan fingerprint density at radius 1 is 1.27 bits per heavy atom. The lowest BCUT2D eigenvalue weighted by Gasteiger charge is -2.16. The fourth-order valence-corrected chi connectivity index (χ4v) is 1.58. The molecule has 1 aliphatic rings. The number of amides is 1. The van der Waals surface area contributed by atoms with Gasteiger partial charge in [-0.3, -0.25) is 4.79 Å². The third kappa shape index (κ3) is 2.07. The standard InChI is InChI=1S/C12H12N2O/c15-9-14-12-8-13-7-6-11(12)10-4-2-1-3-5-10/h1-6,8-9,13H,7H2,(H,14,15). The fourth-order valence-electron chi connectivity index (χ4n) is 1.58. The van der Waals surface area contributed by atoms with Crippen LogP contribution in [0.5, 0.6) is 0 Å². The molecule has 1 aromatic rings. The van der Waals surface area contributed by atoms with E-state index in [9.17, 15) is 4.79 Å². The molecule has 3 nitrogen and oxygen atoms in total. The molecule has 1 amide bonds. The second-order valence-electron chi connectivity index (χ2n) is 3.21. The maximum atomic E-state index is 10.4. The average molecular weight is 200 g/mol. The van der Waals surface area contributed by atoms with Crippen LogP contribution in [0.4, 0.5) is 0 Å². The quantitative estimate of drug-likeness (QED) is 0.721. The van der Waals surface area contributed by atoms with Crippen LogP contribution in [0.2, 0.25) is 0 Å². The summed E-state index contributed by atoms with van der Waals surface area (Å²) in [5, 5.41) is 5.74. The molecule has 0 radical (unpaired) electrons. The van der Waals surface area contributed by atoms with Crippen LogP contribution in [0.3, 0.4) is 0 Å². The van der Waals surface area contributed by atoms with Crippen molar-refractivity contribution in [2.75, 3.05) is 6.54 Å². The molecule has 76 valence electrons. The summed E-state index contributed by atoms with van der Waals surface area (Å²) in [6, 6.07) is 9.99. The number of carbonyl (C=O) groups excluding carboxylic acids is 1. The lowest BCUT2D eigenvalue weighted by molar-refractivity contribution is -0.108. The number of carbonyl (C=O) groups is 1. The van der Waals surface area contributed by atoms with Crippen molar-refractivity contribution in [2.24, 2.45) is 0 Å². The van der Waals surface area contributed by atoms with Gasteiger partial charge in [-0.05, 0) is 5.56 Å². The Morgan fingerprint density at radius 2 is 2.07 bits per heavy atom. The van der Waals surface area contributed by atoms with Crippen molar-refractivity contribution in [1.82, 2.24) is 10.6 Å². The molecular formula is C12H12N2O. The molecule has 0 fully saturated rings. The van der Waals surface area contributed by atoms with E-state index in [0.29, 0.717) is 6.41 Å². The molecule has 2 rings (SSSR count). The largest absolute Gasteiger partial charge is 0.386 e. The molecule has 15 heavy (non-hydrogen) atoms. The van der Waals surface area contributed by atoms with Crippen LogP contribution in [0.1, 0.15) is 5.56 Å². The van der Waals surface area contributed by atoms with E-state index in [1.807, 2.05) is 36.5 Å². The molecule has 0 aliphatic carbocycles. The van der Waals surface area contributed by atoms with Crippen LogP contribution in [-0.4, -0.2) is 13.0 Å². The van der Waals surface area contributed by atoms with Gasteiger partial charge in [0.15, 0.2) is 0 Å². The highest BCUT2D eigenvalue weighted by molar-refractivity contribution is 5.81. The first kappa shape index (κ1) is 9.52. The lowest BCUT2D eigenvalue weighted by Crippen LogP contribution is -2.20. The van der Waals surface area contributed by atoms with Gasteiger partial charge in [0, 0.05) is 18.3 Å². The van der Waals surface area contributed by atoms with E-state index >= 15 is 0 Å². The van der Waals surface area contributed by atoms with E-state index in [1.165, 1.54) is 0 Å². The topological polar surface area (TPSA) is 41.1 Å². The Bertz CT molecular complexity index is 407. The van der Waals surface area contributed by atoms with Crippen LogP contribution < -0.4 is 10.6 Å². The minimum absolute atomic E-state index is 0.690. The first-order chi connectivity index (χ1) is 7.42. The molecule has 0 aromatic heterocycles. The van der Waals surface area contributed by atoms with Gasteiger partial charge in [-0.25, -0.2) is 0 Å². The summed E-state index contributed by atoms with van der Waals surface area (Å²) >= 11 is 0. The van der Waals surface area contributed by atoms with Crippen LogP contribution in [0.15, 0.2) is 48.3 Å². The summed E-state index contributed by atoms with van der Waals surface area (Å²) in [7, 11) is 0. The maximum Gasteiger partial charge on any atom is 0.211 e. The fraction of sp³-hybridized carbons (Fsp3) is 0.0833. The van der Waals surface area contributed by atoms with Gasteiger partial charge in [-0.2, -0.15) is 0 Å². The highest BCUT2D eigenvalue weighted by Crippen LogP contribution is 2.21. The van der Waals surface area contributed by atoms with E-state index in [4.69, 9.17) is 0 Å². The van der Waals surface area contributed by atoms with Gasteiger partial charge in [0.2, 0.25) is 6.41 Å². The first-order valence-electron chi connectivity index (χ1n) is 4.81. The van der Waals surface area contributed by atoms with E-state index in [0.717, 1.165) is 23.4 Å². The van der Waals surface area contributed by atoms with Crippen LogP contribution >= 0.6 is 0 Å². The molecule has 1 aromatic carbocycles. The molecule has 2 N–H and O–H groups in total. The average Bonchev–Trinajstić information content (AvgIpc) is 2.31. The number of dihydropyridines is 1. The van der Waals surface area contributed by atoms with Crippen LogP contribution in [-0.2, 0) is 4.79 Å². The Hall–Kier alpha value is -2.03. The summed E-state index contributed by atoms with van der Waals surface area (Å²) in [5.74, 6) is 0. The third-order valence-electron chi connectivity index (χ3n) is 2.26. The minimum atomic E-state index is 0.690. The van der Waals surface area contributed by atoms with Crippen molar-refractivity contribution in [3.63, 3.8) is 0 Å². The SMILES string of the molecule is O=CNC1=CNCC=C1c1ccccc1. The summed E-state index contributed by atoms with van der Waals surface area (Å²) in [6.07, 6.45) is 4.56. The van der Waals surface area contributed by atoms with Crippen molar-refractivity contribution in [3.8, 4) is 0 Å². The zero-order chi connectivity index (χ0) is 10.5. The number of allylic oxidation sites excluding steroid dienone is 1. The normalized spacial score (nSPS) is 14.7. The summed E-state index contributed by atoms with van der Waals surface area (Å²) in [6.45, 7) is 0.786. The van der Waals surface area contributed by atoms with Gasteiger partial charge in [-0.15, -0.1) is 0 Å². The number of hydrogen-bond acceptors (Lipinski definition) is 2. The molecule has 0 unspecified atom stereocenters. The van der Waals surface area contributed by atoms with Gasteiger partial charge in [0.05, 0.1) is 5.70 Å². The van der Waals surface area contributed by atoms with Gasteiger partial charge < -0.3 is 10.6 Å². The first-order valence-corrected chi connectivity index (χ1v) is 4.81. The van der Waals surface area contributed by atoms with Crippen molar-refractivity contribution in [1.29, 1.82) is 0 Å². The second kappa shape index (κ2) is 4.46. The zero-order valence-corrected chi connectivity index (χ0v) is 8.23. The molecule has 1 heterocycles. The van der Waals surface area contributed by atoms with E-state index < -0.39 is 0 Å². The van der Waals surface area contributed by atoms with Gasteiger partial charge in [-0.1, -0.05) is 36.4 Å². The molecular weight excluding hydrogens is 188 g/mol. The Balaban J connectivity index is 2.31. The van der Waals surface area contributed by atoms with E-state index in [1.54, 1.807) is 0 Å². The monoisotopic (exact) mass is 200 g/mol. The minimum Gasteiger partial charge on any atom is -0.386 e. The van der Waals surface area contributed by atoms with Crippen LogP contribution in [0.25, 0.3) is 5.57 Å². The second-order valence-corrected chi connectivity index (χ2v) is 3.21. The Labute approximate surface area is 88.5 Å². The van der Waals surface area contributed by atoms with Gasteiger partial charge in [0.1, 0.15) is 0 Å². The van der Waals surface area contributed by atoms with Gasteiger partial charge >= 0.3 is 0 Å². The number of benzene rings is 1. The number of nitrogens with one attached hydrogen (secondary N) is 2. The third-order valence-corrected chi connectivity index (χ3v) is 2.26. The molecule has 0 saturated heterocycles. The van der Waals surface area contributed by atoms with E-state index in [2.05, 4.69) is 16.7 Å². The predicted octanol–water partition coefficient (Wildman–Crippen LogP) is 1.26. The zero-order valence-electron chi connectivity index (χ0n) is 8.23. The smallest absolute Gasteiger partial charge is 0.211 e. The molecule has 0 spiro atoms. The highest BCUT2D eigenvalue weighted by Gasteiger charge is 2.09. The Kier molecular flexibility index (Phi) is 2.83. The number of rotatable bonds is 3. The van der Waals surface area contributed by atoms with Crippen molar-refractivity contribution in [3.05, 3.63) is 53.9 Å².